The van der Waals surface area contributed by atoms with Crippen molar-refractivity contribution in [3.05, 3.63) is 59.4 Å². The molecule has 0 spiro atoms. The predicted octanol–water partition coefficient (Wildman–Crippen LogP) is 2.52. The lowest BCUT2D eigenvalue weighted by Gasteiger charge is -2.33. The number of hydrazone groups is 1. The largest absolute Gasteiger partial charge is 0.378 e. The van der Waals surface area contributed by atoms with E-state index in [-0.39, 0.29) is 17.3 Å². The molecule has 0 bridgehead atoms. The molecule has 1 aliphatic heterocycles. The Morgan fingerprint density at radius 1 is 1.24 bits per heavy atom. The molecule has 11 heteroatoms. The number of hydrogen-bond donors (Lipinski definition) is 2. The second-order valence-corrected chi connectivity index (χ2v) is 8.35. The molecule has 1 fully saturated rings. The first-order chi connectivity index (χ1) is 16.6. The number of nitrogen functional groups attached to an aromatic ring is 1. The highest BCUT2D eigenvalue weighted by Crippen LogP contribution is 2.23. The second-order valence-electron chi connectivity index (χ2n) is 8.35. The summed E-state index contributed by atoms with van der Waals surface area (Å²) < 4.78 is 6.15. The van der Waals surface area contributed by atoms with Crippen LogP contribution in [0.3, 0.4) is 0 Å². The molecule has 1 amide bonds. The molecule has 0 radical (unpaired) electrons. The molecule has 174 valence electrons. The highest BCUT2D eigenvalue weighted by Gasteiger charge is 2.28. The number of piperidine rings is 1. The summed E-state index contributed by atoms with van der Waals surface area (Å²) in [6.07, 6.45) is 4.99. The van der Waals surface area contributed by atoms with Crippen molar-refractivity contribution in [2.45, 2.75) is 38.8 Å². The van der Waals surface area contributed by atoms with Gasteiger partial charge in [-0.15, -0.1) is 5.10 Å². The SMILES string of the molecule is CC1CCCCN1Cc1c(C(=O)NN=Cc2cccc3ccccc23)nnn1-c1nonc1N. The van der Waals surface area contributed by atoms with Crippen LogP contribution in [0, 0.1) is 0 Å². The summed E-state index contributed by atoms with van der Waals surface area (Å²) in [5.74, 6) is -0.207. The van der Waals surface area contributed by atoms with E-state index in [1.54, 1.807) is 6.21 Å². The van der Waals surface area contributed by atoms with Crippen molar-refractivity contribution in [3.8, 4) is 5.82 Å². The summed E-state index contributed by atoms with van der Waals surface area (Å²) in [5, 5.41) is 22.0. The highest BCUT2D eigenvalue weighted by molar-refractivity contribution is 6.00. The van der Waals surface area contributed by atoms with Gasteiger partial charge in [0.2, 0.25) is 11.6 Å². The van der Waals surface area contributed by atoms with Gasteiger partial charge in [0.1, 0.15) is 0 Å². The number of anilines is 1. The Hall–Kier alpha value is -4.12. The van der Waals surface area contributed by atoms with Crippen LogP contribution in [-0.2, 0) is 6.54 Å². The first-order valence-electron chi connectivity index (χ1n) is 11.2. The first-order valence-corrected chi connectivity index (χ1v) is 11.2. The first kappa shape index (κ1) is 21.7. The molecule has 2 aromatic heterocycles. The Kier molecular flexibility index (Phi) is 6.00. The maximum atomic E-state index is 13.1. The molecular weight excluding hydrogens is 434 g/mol. The third-order valence-electron chi connectivity index (χ3n) is 6.16. The van der Waals surface area contributed by atoms with Crippen molar-refractivity contribution >= 4 is 28.7 Å². The number of carbonyl (C=O) groups is 1. The van der Waals surface area contributed by atoms with E-state index >= 15 is 0 Å². The van der Waals surface area contributed by atoms with Crippen LogP contribution in [0.4, 0.5) is 5.82 Å². The van der Waals surface area contributed by atoms with Gasteiger partial charge in [-0.2, -0.15) is 9.78 Å². The molecule has 1 atom stereocenters. The van der Waals surface area contributed by atoms with Crippen LogP contribution >= 0.6 is 0 Å². The van der Waals surface area contributed by atoms with Gasteiger partial charge in [-0.25, -0.2) is 10.1 Å². The molecular formula is C23H25N9O2. The van der Waals surface area contributed by atoms with Gasteiger partial charge in [-0.1, -0.05) is 54.1 Å². The summed E-state index contributed by atoms with van der Waals surface area (Å²) in [5.41, 5.74) is 10.1. The summed E-state index contributed by atoms with van der Waals surface area (Å²) in [6.45, 7) is 3.54. The molecule has 0 aliphatic carbocycles. The van der Waals surface area contributed by atoms with Crippen LogP contribution in [-0.4, -0.2) is 54.9 Å². The van der Waals surface area contributed by atoms with Gasteiger partial charge >= 0.3 is 0 Å². The van der Waals surface area contributed by atoms with E-state index in [0.717, 1.165) is 35.7 Å². The van der Waals surface area contributed by atoms with E-state index in [2.05, 4.69) is 43.0 Å². The minimum absolute atomic E-state index is 0.0683. The molecule has 0 saturated carbocycles. The molecule has 3 N–H and O–H groups in total. The van der Waals surface area contributed by atoms with Crippen molar-refractivity contribution in [1.29, 1.82) is 0 Å². The summed E-state index contributed by atoms with van der Waals surface area (Å²) in [4.78, 5) is 15.4. The lowest BCUT2D eigenvalue weighted by Crippen LogP contribution is -2.38. The number of nitrogens with zero attached hydrogens (tertiary/aromatic N) is 7. The van der Waals surface area contributed by atoms with E-state index in [4.69, 9.17) is 10.4 Å². The smallest absolute Gasteiger partial charge is 0.293 e. The van der Waals surface area contributed by atoms with E-state index in [1.165, 1.54) is 11.1 Å². The van der Waals surface area contributed by atoms with Gasteiger partial charge in [-0.3, -0.25) is 9.69 Å². The Balaban J connectivity index is 1.42. The number of nitrogens with one attached hydrogen (secondary N) is 1. The van der Waals surface area contributed by atoms with Crippen LogP contribution in [0.15, 0.2) is 52.2 Å². The maximum Gasteiger partial charge on any atom is 0.293 e. The third-order valence-corrected chi connectivity index (χ3v) is 6.16. The van der Waals surface area contributed by atoms with Crippen LogP contribution in [0.25, 0.3) is 16.6 Å². The molecule has 34 heavy (non-hydrogen) atoms. The number of aromatic nitrogens is 5. The van der Waals surface area contributed by atoms with Crippen molar-refractivity contribution in [3.63, 3.8) is 0 Å². The number of benzene rings is 2. The topological polar surface area (TPSA) is 140 Å². The van der Waals surface area contributed by atoms with Crippen molar-refractivity contribution in [2.75, 3.05) is 12.3 Å². The molecule has 11 nitrogen and oxygen atoms in total. The van der Waals surface area contributed by atoms with Gasteiger partial charge < -0.3 is 5.73 Å². The van der Waals surface area contributed by atoms with Crippen LogP contribution in [0.1, 0.15) is 47.9 Å². The predicted molar refractivity (Wildman–Crippen MR) is 126 cm³/mol. The normalized spacial score (nSPS) is 16.9. The number of fused-ring (bicyclic) bond motifs is 1. The van der Waals surface area contributed by atoms with E-state index in [0.29, 0.717) is 18.3 Å². The van der Waals surface area contributed by atoms with Gasteiger partial charge in [0.05, 0.1) is 11.9 Å². The zero-order chi connectivity index (χ0) is 23.5. The second kappa shape index (κ2) is 9.40. The lowest BCUT2D eigenvalue weighted by atomic mass is 10.0. The summed E-state index contributed by atoms with van der Waals surface area (Å²) in [6, 6.07) is 14.3. The number of hydrogen-bond acceptors (Lipinski definition) is 9. The molecule has 1 unspecified atom stereocenters. The molecule has 5 rings (SSSR count). The van der Waals surface area contributed by atoms with Gasteiger partial charge in [0.15, 0.2) is 5.69 Å². The van der Waals surface area contributed by atoms with Gasteiger partial charge in [0, 0.05) is 18.2 Å². The zero-order valence-electron chi connectivity index (χ0n) is 18.8. The van der Waals surface area contributed by atoms with Crippen molar-refractivity contribution < 1.29 is 9.42 Å². The van der Waals surface area contributed by atoms with E-state index < -0.39 is 5.91 Å². The Morgan fingerprint density at radius 3 is 2.91 bits per heavy atom. The number of carbonyl (C=O) groups excluding carboxylic acids is 1. The Morgan fingerprint density at radius 2 is 2.09 bits per heavy atom. The zero-order valence-corrected chi connectivity index (χ0v) is 18.8. The van der Waals surface area contributed by atoms with Gasteiger partial charge in [-0.05, 0) is 47.4 Å². The third kappa shape index (κ3) is 4.25. The highest BCUT2D eigenvalue weighted by atomic mass is 16.6. The number of nitrogens with two attached hydrogens (primary N) is 1. The van der Waals surface area contributed by atoms with Gasteiger partial charge in [0.25, 0.3) is 5.91 Å². The van der Waals surface area contributed by atoms with Crippen molar-refractivity contribution in [2.24, 2.45) is 5.10 Å². The van der Waals surface area contributed by atoms with Crippen LogP contribution in [0.5, 0.6) is 0 Å². The maximum absolute atomic E-state index is 13.1. The Bertz CT molecular complexity index is 1340. The minimum Gasteiger partial charge on any atom is -0.378 e. The number of likely N-dealkylation sites (tertiary alicyclic amines) is 1. The van der Waals surface area contributed by atoms with E-state index in [9.17, 15) is 4.79 Å². The quantitative estimate of drug-likeness (QED) is 0.331. The minimum atomic E-state index is -0.475. The molecule has 4 aromatic rings. The molecule has 2 aromatic carbocycles. The fourth-order valence-corrected chi connectivity index (χ4v) is 4.29. The molecule has 3 heterocycles. The average molecular weight is 460 g/mol. The standard InChI is InChI=1S/C23H25N9O2/c1-15-7-4-5-12-31(15)14-19-20(26-30-32(19)22-21(24)28-34-29-22)23(33)27-25-13-17-10-6-9-16-8-2-3-11-18(16)17/h2-3,6,8-11,13,15H,4-5,7,12,14H2,1H3,(H2,24,28)(H,27,33). The number of rotatable bonds is 6. The van der Waals surface area contributed by atoms with E-state index in [1.807, 2.05) is 42.5 Å². The fourth-order valence-electron chi connectivity index (χ4n) is 4.29. The van der Waals surface area contributed by atoms with Crippen LogP contribution in [0.2, 0.25) is 0 Å². The number of amides is 1. The summed E-state index contributed by atoms with van der Waals surface area (Å²) >= 11 is 0. The monoisotopic (exact) mass is 459 g/mol. The molecule has 1 saturated heterocycles. The lowest BCUT2D eigenvalue weighted by molar-refractivity contribution is 0.0945. The van der Waals surface area contributed by atoms with Crippen LogP contribution < -0.4 is 11.2 Å². The fraction of sp³-hybridized carbons (Fsp3) is 0.304. The Labute approximate surface area is 195 Å². The average Bonchev–Trinajstić information content (AvgIpc) is 3.46. The van der Waals surface area contributed by atoms with Crippen molar-refractivity contribution in [1.82, 2.24) is 35.6 Å². The summed E-state index contributed by atoms with van der Waals surface area (Å²) in [7, 11) is 0. The molecule has 1 aliphatic rings.